The van der Waals surface area contributed by atoms with Crippen molar-refractivity contribution in [3.63, 3.8) is 0 Å². The summed E-state index contributed by atoms with van der Waals surface area (Å²) in [5, 5.41) is 1.22. The summed E-state index contributed by atoms with van der Waals surface area (Å²) < 4.78 is 0.715. The zero-order valence-electron chi connectivity index (χ0n) is 9.20. The highest BCUT2D eigenvalue weighted by Gasteiger charge is 2.23. The van der Waals surface area contributed by atoms with Crippen LogP contribution in [0.4, 0.5) is 0 Å². The van der Waals surface area contributed by atoms with Crippen LogP contribution < -0.4 is 0 Å². The second kappa shape index (κ2) is 3.81. The zero-order valence-corrected chi connectivity index (χ0v) is 10.8. The van der Waals surface area contributed by atoms with Gasteiger partial charge in [-0.3, -0.25) is 0 Å². The summed E-state index contributed by atoms with van der Waals surface area (Å²) in [7, 11) is 0. The summed E-state index contributed by atoms with van der Waals surface area (Å²) >= 11 is 3.41. The van der Waals surface area contributed by atoms with Gasteiger partial charge in [0.05, 0.1) is 11.2 Å². The van der Waals surface area contributed by atoms with E-state index in [1.54, 1.807) is 0 Å². The Morgan fingerprint density at radius 2 is 2.06 bits per heavy atom. The summed E-state index contributed by atoms with van der Waals surface area (Å²) in [4.78, 5) is 9.00. The van der Waals surface area contributed by atoms with Gasteiger partial charge in [0.2, 0.25) is 0 Å². The van der Waals surface area contributed by atoms with Crippen molar-refractivity contribution in [1.29, 1.82) is 0 Å². The van der Waals surface area contributed by atoms with Crippen LogP contribution in [0.1, 0.15) is 36.4 Å². The normalized spacial score (nSPS) is 16.4. The van der Waals surface area contributed by atoms with Crippen LogP contribution in [-0.2, 0) is 0 Å². The standard InChI is InChI=1S/C13H13BrN2/c1-8-5-6-10-11(7-8)15-13(14)16-12(10)9-3-2-4-9/h5-7,9H,2-4H2,1H3. The number of fused-ring (bicyclic) bond motifs is 1. The van der Waals surface area contributed by atoms with Crippen LogP contribution in [0, 0.1) is 6.92 Å². The Labute approximate surface area is 103 Å². The molecular formula is C13H13BrN2. The molecule has 0 amide bonds. The van der Waals surface area contributed by atoms with E-state index in [4.69, 9.17) is 0 Å². The van der Waals surface area contributed by atoms with Gasteiger partial charge in [-0.2, -0.15) is 0 Å². The predicted molar refractivity (Wildman–Crippen MR) is 68.6 cm³/mol. The first-order valence-electron chi connectivity index (χ1n) is 5.68. The molecule has 0 N–H and O–H groups in total. The number of nitrogens with zero attached hydrogens (tertiary/aromatic N) is 2. The van der Waals surface area contributed by atoms with Crippen LogP contribution in [0.2, 0.25) is 0 Å². The number of aryl methyl sites for hydroxylation is 1. The Morgan fingerprint density at radius 1 is 1.25 bits per heavy atom. The Morgan fingerprint density at radius 3 is 2.75 bits per heavy atom. The lowest BCUT2D eigenvalue weighted by Crippen LogP contribution is -2.11. The van der Waals surface area contributed by atoms with E-state index >= 15 is 0 Å². The quantitative estimate of drug-likeness (QED) is 0.737. The van der Waals surface area contributed by atoms with Crippen LogP contribution in [0.3, 0.4) is 0 Å². The van der Waals surface area contributed by atoms with Gasteiger partial charge in [-0.25, -0.2) is 9.97 Å². The average Bonchev–Trinajstić information content (AvgIpc) is 2.13. The summed E-state index contributed by atoms with van der Waals surface area (Å²) in [5.41, 5.74) is 3.53. The Balaban J connectivity index is 2.25. The minimum Gasteiger partial charge on any atom is -0.226 e. The SMILES string of the molecule is Cc1ccc2c(C3CCC3)nc(Br)nc2c1. The van der Waals surface area contributed by atoms with E-state index in [0.29, 0.717) is 10.7 Å². The lowest BCUT2D eigenvalue weighted by atomic mass is 9.81. The van der Waals surface area contributed by atoms with E-state index in [2.05, 4.69) is 51.0 Å². The first-order chi connectivity index (χ1) is 7.74. The summed E-state index contributed by atoms with van der Waals surface area (Å²) in [6, 6.07) is 6.43. The lowest BCUT2D eigenvalue weighted by molar-refractivity contribution is 0.413. The van der Waals surface area contributed by atoms with Crippen LogP contribution in [0.5, 0.6) is 0 Å². The Bertz CT molecular complexity index is 542. The zero-order chi connectivity index (χ0) is 11.1. The average molecular weight is 277 g/mol. The fourth-order valence-electron chi connectivity index (χ4n) is 2.23. The minimum atomic E-state index is 0.643. The fraction of sp³-hybridized carbons (Fsp3) is 0.385. The van der Waals surface area contributed by atoms with Crippen molar-refractivity contribution in [3.8, 4) is 0 Å². The van der Waals surface area contributed by atoms with Crippen molar-refractivity contribution in [2.45, 2.75) is 32.1 Å². The second-order valence-corrected chi connectivity index (χ2v) is 5.24. The number of hydrogen-bond acceptors (Lipinski definition) is 2. The molecule has 1 saturated carbocycles. The first-order valence-corrected chi connectivity index (χ1v) is 6.47. The van der Waals surface area contributed by atoms with Gasteiger partial charge in [-0.15, -0.1) is 0 Å². The van der Waals surface area contributed by atoms with Gasteiger partial charge >= 0.3 is 0 Å². The molecule has 0 aliphatic heterocycles. The maximum atomic E-state index is 4.56. The van der Waals surface area contributed by atoms with E-state index in [9.17, 15) is 0 Å². The van der Waals surface area contributed by atoms with Gasteiger partial charge in [0.15, 0.2) is 4.73 Å². The molecule has 16 heavy (non-hydrogen) atoms. The van der Waals surface area contributed by atoms with Crippen molar-refractivity contribution in [2.24, 2.45) is 0 Å². The number of hydrogen-bond donors (Lipinski definition) is 0. The lowest BCUT2D eigenvalue weighted by Gasteiger charge is -2.25. The number of benzene rings is 1. The molecule has 0 radical (unpaired) electrons. The number of aromatic nitrogens is 2. The van der Waals surface area contributed by atoms with E-state index in [1.807, 2.05) is 0 Å². The third-order valence-electron chi connectivity index (χ3n) is 3.35. The van der Waals surface area contributed by atoms with Crippen LogP contribution in [0.15, 0.2) is 22.9 Å². The molecule has 1 aromatic carbocycles. The maximum absolute atomic E-state index is 4.56. The first kappa shape index (κ1) is 10.2. The molecular weight excluding hydrogens is 264 g/mol. The molecule has 3 heteroatoms. The molecule has 0 saturated heterocycles. The summed E-state index contributed by atoms with van der Waals surface area (Å²) in [6.45, 7) is 2.10. The highest BCUT2D eigenvalue weighted by molar-refractivity contribution is 9.10. The third kappa shape index (κ3) is 1.63. The molecule has 2 nitrogen and oxygen atoms in total. The largest absolute Gasteiger partial charge is 0.226 e. The van der Waals surface area contributed by atoms with Crippen molar-refractivity contribution in [2.75, 3.05) is 0 Å². The van der Waals surface area contributed by atoms with Gasteiger partial charge in [-0.05, 0) is 47.3 Å². The fourth-order valence-corrected chi connectivity index (χ4v) is 2.61. The van der Waals surface area contributed by atoms with Crippen molar-refractivity contribution in [3.05, 3.63) is 34.2 Å². The van der Waals surface area contributed by atoms with Gasteiger partial charge in [-0.1, -0.05) is 18.6 Å². The van der Waals surface area contributed by atoms with E-state index < -0.39 is 0 Å². The van der Waals surface area contributed by atoms with Gasteiger partial charge in [0.1, 0.15) is 0 Å². The minimum absolute atomic E-state index is 0.643. The highest BCUT2D eigenvalue weighted by atomic mass is 79.9. The molecule has 0 unspecified atom stereocenters. The van der Waals surface area contributed by atoms with E-state index in [0.717, 1.165) is 5.52 Å². The Hall–Kier alpha value is -0.960. The highest BCUT2D eigenvalue weighted by Crippen LogP contribution is 2.38. The molecule has 1 aromatic heterocycles. The molecule has 1 aliphatic carbocycles. The topological polar surface area (TPSA) is 25.8 Å². The van der Waals surface area contributed by atoms with Crippen LogP contribution >= 0.6 is 15.9 Å². The molecule has 2 aromatic rings. The summed E-state index contributed by atoms with van der Waals surface area (Å²) in [6.07, 6.45) is 3.87. The van der Waals surface area contributed by atoms with Crippen molar-refractivity contribution >= 4 is 26.8 Å². The molecule has 0 atom stereocenters. The molecule has 1 heterocycles. The van der Waals surface area contributed by atoms with Crippen molar-refractivity contribution < 1.29 is 0 Å². The Kier molecular flexibility index (Phi) is 2.43. The van der Waals surface area contributed by atoms with E-state index in [-0.39, 0.29) is 0 Å². The van der Waals surface area contributed by atoms with E-state index in [1.165, 1.54) is 35.9 Å². The smallest absolute Gasteiger partial charge is 0.197 e. The molecule has 82 valence electrons. The van der Waals surface area contributed by atoms with Crippen molar-refractivity contribution in [1.82, 2.24) is 9.97 Å². The molecule has 0 bridgehead atoms. The molecule has 1 aliphatic rings. The predicted octanol–water partition coefficient (Wildman–Crippen LogP) is 3.97. The maximum Gasteiger partial charge on any atom is 0.197 e. The molecule has 3 rings (SSSR count). The van der Waals surface area contributed by atoms with Crippen LogP contribution in [0.25, 0.3) is 10.9 Å². The monoisotopic (exact) mass is 276 g/mol. The van der Waals surface area contributed by atoms with Gasteiger partial charge in [0, 0.05) is 11.3 Å². The number of rotatable bonds is 1. The van der Waals surface area contributed by atoms with Gasteiger partial charge in [0.25, 0.3) is 0 Å². The molecule has 1 fully saturated rings. The number of halogens is 1. The van der Waals surface area contributed by atoms with Gasteiger partial charge < -0.3 is 0 Å². The third-order valence-corrected chi connectivity index (χ3v) is 3.70. The molecule has 0 spiro atoms. The second-order valence-electron chi connectivity index (χ2n) is 4.53. The summed E-state index contributed by atoms with van der Waals surface area (Å²) in [5.74, 6) is 0.643. The van der Waals surface area contributed by atoms with Crippen LogP contribution in [-0.4, -0.2) is 9.97 Å².